The summed E-state index contributed by atoms with van der Waals surface area (Å²) in [5.41, 5.74) is 18.3. The highest BCUT2D eigenvalue weighted by Crippen LogP contribution is 2.12. The van der Waals surface area contributed by atoms with Gasteiger partial charge in [0.25, 0.3) is 0 Å². The number of carbonyl (C=O) groups excluding carboxylic acids is 4. The third-order valence-corrected chi connectivity index (χ3v) is 6.64. The number of amides is 4. The van der Waals surface area contributed by atoms with E-state index in [0.717, 1.165) is 5.56 Å². The lowest BCUT2D eigenvalue weighted by molar-refractivity contribution is -0.132. The van der Waals surface area contributed by atoms with Crippen LogP contribution in [-0.4, -0.2) is 64.2 Å². The van der Waals surface area contributed by atoms with E-state index in [2.05, 4.69) is 30.9 Å². The average molecular weight is 622 g/mol. The molecule has 3 rings (SSSR count). The van der Waals surface area contributed by atoms with Crippen LogP contribution in [0.3, 0.4) is 0 Å². The molecule has 44 heavy (non-hydrogen) atoms. The van der Waals surface area contributed by atoms with Gasteiger partial charge >= 0.3 is 0 Å². The van der Waals surface area contributed by atoms with E-state index in [9.17, 15) is 19.2 Å². The number of H-pyrrole nitrogens is 1. The van der Waals surface area contributed by atoms with Gasteiger partial charge in [0.1, 0.15) is 18.1 Å². The molecule has 1 aromatic heterocycles. The third-order valence-electron chi connectivity index (χ3n) is 6.41. The van der Waals surface area contributed by atoms with Crippen LogP contribution in [0.5, 0.6) is 0 Å². The largest absolute Gasteiger partial charge is 0.370 e. The highest BCUT2D eigenvalue weighted by Gasteiger charge is 2.29. The zero-order chi connectivity index (χ0) is 31.9. The molecule has 232 valence electrons. The molecule has 14 heteroatoms. The first-order valence-corrected chi connectivity index (χ1v) is 14.2. The van der Waals surface area contributed by atoms with Gasteiger partial charge in [-0.1, -0.05) is 54.1 Å². The first kappa shape index (κ1) is 33.3. The van der Waals surface area contributed by atoms with Crippen molar-refractivity contribution in [1.29, 1.82) is 0 Å². The van der Waals surface area contributed by atoms with Crippen molar-refractivity contribution in [3.8, 4) is 0 Å². The number of primary amides is 1. The summed E-state index contributed by atoms with van der Waals surface area (Å²) >= 11 is 6.02. The van der Waals surface area contributed by atoms with E-state index in [0.29, 0.717) is 22.7 Å². The second kappa shape index (κ2) is 17.1. The lowest BCUT2D eigenvalue weighted by atomic mass is 10.0. The van der Waals surface area contributed by atoms with Gasteiger partial charge in [-0.05, 0) is 42.2 Å². The zero-order valence-electron chi connectivity index (χ0n) is 23.9. The Morgan fingerprint density at radius 2 is 1.61 bits per heavy atom. The fourth-order valence-electron chi connectivity index (χ4n) is 4.22. The summed E-state index contributed by atoms with van der Waals surface area (Å²) in [4.78, 5) is 62.8. The minimum Gasteiger partial charge on any atom is -0.370 e. The van der Waals surface area contributed by atoms with Gasteiger partial charge in [0.05, 0.1) is 6.33 Å². The molecule has 4 amide bonds. The van der Waals surface area contributed by atoms with Crippen molar-refractivity contribution < 1.29 is 19.2 Å². The molecule has 0 saturated carbocycles. The number of aromatic nitrogens is 2. The maximum Gasteiger partial charge on any atom is 0.244 e. The van der Waals surface area contributed by atoms with Crippen molar-refractivity contribution in [3.63, 3.8) is 0 Å². The number of benzene rings is 2. The predicted octanol–water partition coefficient (Wildman–Crippen LogP) is 0.555. The maximum atomic E-state index is 13.6. The normalized spacial score (nSPS) is 12.9. The van der Waals surface area contributed by atoms with Crippen molar-refractivity contribution in [1.82, 2.24) is 25.9 Å². The fraction of sp³-hybridized carbons (Fsp3) is 0.267. The number of nitrogens with one attached hydrogen (secondary N) is 4. The summed E-state index contributed by atoms with van der Waals surface area (Å²) < 4.78 is 0. The highest BCUT2D eigenvalue weighted by atomic mass is 35.5. The first-order chi connectivity index (χ1) is 21.1. The van der Waals surface area contributed by atoms with E-state index < -0.39 is 41.8 Å². The molecule has 0 radical (unpaired) electrons. The smallest absolute Gasteiger partial charge is 0.244 e. The molecule has 1 heterocycles. The molecule has 3 aromatic rings. The summed E-state index contributed by atoms with van der Waals surface area (Å²) in [5.74, 6) is -2.62. The van der Waals surface area contributed by atoms with E-state index in [1.165, 1.54) is 18.6 Å². The van der Waals surface area contributed by atoms with Crippen LogP contribution in [0.2, 0.25) is 5.02 Å². The summed E-state index contributed by atoms with van der Waals surface area (Å²) in [6.07, 6.45) is 6.57. The van der Waals surface area contributed by atoms with Crippen LogP contribution in [0.15, 0.2) is 78.2 Å². The van der Waals surface area contributed by atoms with E-state index in [-0.39, 0.29) is 31.8 Å². The lowest BCUT2D eigenvalue weighted by Gasteiger charge is -2.24. The molecular formula is C30H36ClN9O4. The van der Waals surface area contributed by atoms with Gasteiger partial charge in [-0.15, -0.1) is 0 Å². The van der Waals surface area contributed by atoms with Gasteiger partial charge in [0.15, 0.2) is 5.96 Å². The molecule has 0 fully saturated rings. The molecule has 0 aliphatic carbocycles. The van der Waals surface area contributed by atoms with Crippen LogP contribution < -0.4 is 33.2 Å². The Labute approximate surface area is 259 Å². The van der Waals surface area contributed by atoms with Gasteiger partial charge in [-0.2, -0.15) is 0 Å². The van der Waals surface area contributed by atoms with E-state index in [1.54, 1.807) is 54.6 Å². The van der Waals surface area contributed by atoms with Gasteiger partial charge in [-0.25, -0.2) is 4.98 Å². The minimum atomic E-state index is -1.10. The number of aliphatic imine (C=N–C) groups is 1. The number of carbonyl (C=O) groups is 4. The van der Waals surface area contributed by atoms with Crippen LogP contribution in [0.4, 0.5) is 0 Å². The highest BCUT2D eigenvalue weighted by molar-refractivity contribution is 6.30. The molecule has 3 atom stereocenters. The maximum absolute atomic E-state index is 13.6. The summed E-state index contributed by atoms with van der Waals surface area (Å²) in [6.45, 7) is 0.243. The molecule has 0 spiro atoms. The van der Waals surface area contributed by atoms with Crippen molar-refractivity contribution >= 4 is 47.3 Å². The molecule has 0 aliphatic heterocycles. The van der Waals surface area contributed by atoms with E-state index in [1.807, 2.05) is 6.07 Å². The number of rotatable bonds is 16. The quantitative estimate of drug-likeness (QED) is 0.0520. The number of halogens is 1. The van der Waals surface area contributed by atoms with Crippen LogP contribution >= 0.6 is 11.6 Å². The number of hydrogen-bond donors (Lipinski definition) is 7. The fourth-order valence-corrected chi connectivity index (χ4v) is 4.42. The lowest BCUT2D eigenvalue weighted by Crippen LogP contribution is -2.57. The Morgan fingerprint density at radius 1 is 0.909 bits per heavy atom. The standard InChI is InChI=1S/C30H36ClN9O4/c31-21-9-4-8-20(14-21)11-12-26(41)38-25(16-22-17-35-18-37-22)29(44)40-24(15-19-6-2-1-3-7-19)28(43)39-23(27(32)42)10-5-13-36-30(33)34/h1-4,6-9,11-12,14,17-18,23-25H,5,10,13,15-16H2,(H2,32,42)(H,35,37)(H,38,41)(H,39,43)(H,40,44)(H4,33,34,36)/b12-11+/t23-,24-,25+/m1/s1. The van der Waals surface area contributed by atoms with E-state index >= 15 is 0 Å². The number of guanidine groups is 1. The topological polar surface area (TPSA) is 223 Å². The van der Waals surface area contributed by atoms with Crippen molar-refractivity contribution in [2.24, 2.45) is 22.2 Å². The zero-order valence-corrected chi connectivity index (χ0v) is 24.7. The number of aromatic amines is 1. The molecular weight excluding hydrogens is 586 g/mol. The Bertz CT molecular complexity index is 1460. The number of hydrogen-bond acceptors (Lipinski definition) is 6. The number of nitrogens with two attached hydrogens (primary N) is 3. The second-order valence-corrected chi connectivity index (χ2v) is 10.3. The molecule has 13 nitrogen and oxygen atoms in total. The first-order valence-electron chi connectivity index (χ1n) is 13.8. The number of imidazole rings is 1. The third kappa shape index (κ3) is 11.6. The van der Waals surface area contributed by atoms with Gasteiger partial charge in [0.2, 0.25) is 23.6 Å². The average Bonchev–Trinajstić information content (AvgIpc) is 3.50. The Morgan fingerprint density at radius 3 is 2.25 bits per heavy atom. The molecule has 10 N–H and O–H groups in total. The molecule has 0 bridgehead atoms. The summed E-state index contributed by atoms with van der Waals surface area (Å²) in [7, 11) is 0. The van der Waals surface area contributed by atoms with Crippen LogP contribution in [0.25, 0.3) is 6.08 Å². The van der Waals surface area contributed by atoms with Crippen molar-refractivity contribution in [3.05, 3.63) is 95.0 Å². The Hall–Kier alpha value is -5.17. The van der Waals surface area contributed by atoms with Crippen molar-refractivity contribution in [2.45, 2.75) is 43.8 Å². The molecule has 0 saturated heterocycles. The Kier molecular flexibility index (Phi) is 12.9. The minimum absolute atomic E-state index is 0.0664. The van der Waals surface area contributed by atoms with Crippen LogP contribution in [-0.2, 0) is 32.0 Å². The molecule has 0 unspecified atom stereocenters. The van der Waals surface area contributed by atoms with E-state index in [4.69, 9.17) is 28.8 Å². The predicted molar refractivity (Wildman–Crippen MR) is 168 cm³/mol. The SMILES string of the molecule is NC(=O)[C@@H](CCCN=C(N)N)NC(=O)[C@@H](Cc1ccccc1)NC(=O)[C@H](Cc1cnc[nH]1)NC(=O)/C=C/c1cccc(Cl)c1. The Balaban J connectivity index is 1.78. The van der Waals surface area contributed by atoms with Crippen LogP contribution in [0.1, 0.15) is 29.7 Å². The van der Waals surface area contributed by atoms with Gasteiger partial charge in [-0.3, -0.25) is 24.2 Å². The number of nitrogens with zero attached hydrogens (tertiary/aromatic N) is 2. The monoisotopic (exact) mass is 621 g/mol. The molecule has 2 aromatic carbocycles. The van der Waals surface area contributed by atoms with Crippen molar-refractivity contribution in [2.75, 3.05) is 6.54 Å². The van der Waals surface area contributed by atoms with Gasteiger partial charge < -0.3 is 38.1 Å². The van der Waals surface area contributed by atoms with Crippen LogP contribution in [0, 0.1) is 0 Å². The summed E-state index contributed by atoms with van der Waals surface area (Å²) in [5, 5.41) is 8.58. The summed E-state index contributed by atoms with van der Waals surface area (Å²) in [6, 6.07) is 12.7. The molecule has 0 aliphatic rings. The second-order valence-electron chi connectivity index (χ2n) is 9.89. The van der Waals surface area contributed by atoms with Gasteiger partial charge in [0, 0.05) is 42.4 Å².